The number of amides is 5. The van der Waals surface area contributed by atoms with Crippen LogP contribution < -0.4 is 20.7 Å². The number of carbonyl (C=O) groups excluding carboxylic acids is 5. The molecule has 0 aliphatic carbocycles. The maximum atomic E-state index is 14.0. The fourth-order valence-electron chi connectivity index (χ4n) is 5.77. The van der Waals surface area contributed by atoms with E-state index < -0.39 is 55.0 Å². The predicted octanol–water partition coefficient (Wildman–Crippen LogP) is 0.215. The molecule has 4 rings (SSSR count). The fourth-order valence-corrected chi connectivity index (χ4v) is 5.77. The highest BCUT2D eigenvalue weighted by Gasteiger charge is 2.39. The van der Waals surface area contributed by atoms with Gasteiger partial charge in [-0.1, -0.05) is 56.3 Å². The van der Waals surface area contributed by atoms with Gasteiger partial charge in [0.25, 0.3) is 5.91 Å². The molecule has 2 heterocycles. The van der Waals surface area contributed by atoms with Gasteiger partial charge < -0.3 is 40.3 Å². The number of fused-ring (bicyclic) bond motifs is 4. The lowest BCUT2D eigenvalue weighted by molar-refractivity contribution is -0.141. The van der Waals surface area contributed by atoms with Gasteiger partial charge in [-0.15, -0.1) is 0 Å². The van der Waals surface area contributed by atoms with Crippen molar-refractivity contribution in [1.82, 2.24) is 25.8 Å². The predicted molar refractivity (Wildman–Crippen MR) is 172 cm³/mol. The van der Waals surface area contributed by atoms with E-state index in [2.05, 4.69) is 16.0 Å². The van der Waals surface area contributed by atoms with Crippen LogP contribution in [0.1, 0.15) is 37.3 Å². The Bertz CT molecular complexity index is 1400. The summed E-state index contributed by atoms with van der Waals surface area (Å²) in [6.07, 6.45) is 0.751. The lowest BCUT2D eigenvalue weighted by Gasteiger charge is -2.29. The summed E-state index contributed by atoms with van der Waals surface area (Å²) in [5, 5.41) is 18.5. The first-order chi connectivity index (χ1) is 22.6. The zero-order chi connectivity index (χ0) is 33.9. The van der Waals surface area contributed by atoms with Gasteiger partial charge in [0.1, 0.15) is 24.4 Å². The van der Waals surface area contributed by atoms with E-state index in [1.54, 1.807) is 23.1 Å². The van der Waals surface area contributed by atoms with Gasteiger partial charge in [-0.3, -0.25) is 24.0 Å². The Morgan fingerprint density at radius 2 is 1.72 bits per heavy atom. The number of hydrogen-bond donors (Lipinski definition) is 4. The van der Waals surface area contributed by atoms with E-state index in [-0.39, 0.29) is 50.4 Å². The Hall–Kier alpha value is -4.49. The van der Waals surface area contributed by atoms with Crippen LogP contribution in [0.25, 0.3) is 0 Å². The monoisotopic (exact) mass is 651 g/mol. The molecule has 2 aromatic carbocycles. The molecular formula is C34H45N5O8. The SMILES string of the molecule is COCC(=O)N1C[C@H]2NC(=O)[C@H](Cc3ccccc3)NC(=O)CN(CCC(C)C)C(=O)[C@H](CO)NC(=O)COc3cccc(c3)[C@@H]2C1. The number of aliphatic hydroxyl groups is 1. The number of rotatable bonds is 8. The zero-order valence-corrected chi connectivity index (χ0v) is 27.1. The summed E-state index contributed by atoms with van der Waals surface area (Å²) in [6, 6.07) is 13.5. The zero-order valence-electron chi connectivity index (χ0n) is 27.1. The largest absolute Gasteiger partial charge is 0.484 e. The molecule has 0 unspecified atom stereocenters. The molecule has 13 heteroatoms. The maximum Gasteiger partial charge on any atom is 0.258 e. The van der Waals surface area contributed by atoms with Gasteiger partial charge >= 0.3 is 0 Å². The van der Waals surface area contributed by atoms with Gasteiger partial charge in [0.15, 0.2) is 6.61 Å². The topological polar surface area (TPSA) is 167 Å². The third-order valence-electron chi connectivity index (χ3n) is 8.30. The number of ether oxygens (including phenoxy) is 2. The number of nitrogens with zero attached hydrogens (tertiary/aromatic N) is 2. The Morgan fingerprint density at radius 1 is 0.979 bits per heavy atom. The van der Waals surface area contributed by atoms with E-state index in [1.807, 2.05) is 50.2 Å². The number of carbonyl (C=O) groups is 5. The Balaban J connectivity index is 1.70. The molecule has 2 bridgehead atoms. The summed E-state index contributed by atoms with van der Waals surface area (Å²) in [5.74, 6) is -2.23. The van der Waals surface area contributed by atoms with Crippen LogP contribution >= 0.6 is 0 Å². The van der Waals surface area contributed by atoms with Crippen molar-refractivity contribution in [3.63, 3.8) is 0 Å². The average molecular weight is 652 g/mol. The molecule has 0 spiro atoms. The summed E-state index contributed by atoms with van der Waals surface area (Å²) < 4.78 is 10.8. The number of benzene rings is 2. The first kappa shape index (κ1) is 35.4. The van der Waals surface area contributed by atoms with Crippen LogP contribution in [0.4, 0.5) is 0 Å². The molecule has 254 valence electrons. The normalized spacial score (nSPS) is 22.8. The lowest BCUT2D eigenvalue weighted by Crippen LogP contribution is -2.56. The highest BCUT2D eigenvalue weighted by Crippen LogP contribution is 2.30. The summed E-state index contributed by atoms with van der Waals surface area (Å²) >= 11 is 0. The Kier molecular flexibility index (Phi) is 12.7. The highest BCUT2D eigenvalue weighted by atomic mass is 16.5. The number of methoxy groups -OCH3 is 1. The second-order valence-corrected chi connectivity index (χ2v) is 12.4. The van der Waals surface area contributed by atoms with E-state index in [1.165, 1.54) is 12.0 Å². The summed E-state index contributed by atoms with van der Waals surface area (Å²) in [5.41, 5.74) is 1.59. The number of aliphatic hydroxyl groups excluding tert-OH is 1. The standard InChI is InChI=1S/C34H45N5O8/c1-22(2)12-13-38-18-30(41)35-27(14-23-8-5-4-6-9-23)33(44)37-28-17-39(32(43)21-46-3)16-26(28)24-10-7-11-25(15-24)47-20-31(42)36-29(19-40)34(38)45/h4-11,15,22,26-29,40H,12-14,16-21H2,1-3H3,(H,35,41)(H,36,42)(H,37,44)/t26-,27-,28+,29-/m0/s1. The molecule has 4 atom stereocenters. The second kappa shape index (κ2) is 16.9. The molecule has 5 amide bonds. The van der Waals surface area contributed by atoms with E-state index in [0.717, 1.165) is 11.1 Å². The fraction of sp³-hybridized carbons (Fsp3) is 0.500. The van der Waals surface area contributed by atoms with Crippen LogP contribution in [0.15, 0.2) is 54.6 Å². The van der Waals surface area contributed by atoms with Gasteiger partial charge in [-0.25, -0.2) is 0 Å². The third kappa shape index (κ3) is 10.00. The van der Waals surface area contributed by atoms with Crippen molar-refractivity contribution in [3.05, 3.63) is 65.7 Å². The van der Waals surface area contributed by atoms with Crippen molar-refractivity contribution < 1.29 is 38.6 Å². The summed E-state index contributed by atoms with van der Waals surface area (Å²) in [4.78, 5) is 69.6. The third-order valence-corrected chi connectivity index (χ3v) is 8.30. The number of nitrogens with one attached hydrogen (secondary N) is 3. The minimum absolute atomic E-state index is 0.112. The molecular weight excluding hydrogens is 606 g/mol. The molecule has 2 aliphatic rings. The van der Waals surface area contributed by atoms with Crippen LogP contribution in [0.2, 0.25) is 0 Å². The molecule has 2 aromatic rings. The van der Waals surface area contributed by atoms with Gasteiger partial charge in [-0.2, -0.15) is 0 Å². The van der Waals surface area contributed by atoms with Crippen LogP contribution in [-0.2, 0) is 35.1 Å². The smallest absolute Gasteiger partial charge is 0.258 e. The van der Waals surface area contributed by atoms with Crippen LogP contribution in [-0.4, -0.2) is 116 Å². The van der Waals surface area contributed by atoms with Gasteiger partial charge in [0.05, 0.1) is 19.2 Å². The maximum absolute atomic E-state index is 14.0. The highest BCUT2D eigenvalue weighted by molar-refractivity contribution is 5.93. The van der Waals surface area contributed by atoms with Crippen molar-refractivity contribution >= 4 is 29.5 Å². The lowest BCUT2D eigenvalue weighted by atomic mass is 9.93. The molecule has 0 radical (unpaired) electrons. The Labute approximate surface area is 275 Å². The van der Waals surface area contributed by atoms with Crippen LogP contribution in [0.5, 0.6) is 5.75 Å². The molecule has 4 N–H and O–H groups in total. The summed E-state index contributed by atoms with van der Waals surface area (Å²) in [7, 11) is 1.44. The Morgan fingerprint density at radius 3 is 2.43 bits per heavy atom. The van der Waals surface area contributed by atoms with Gasteiger partial charge in [0.2, 0.25) is 23.6 Å². The van der Waals surface area contributed by atoms with Crippen LogP contribution in [0, 0.1) is 5.92 Å². The van der Waals surface area contributed by atoms with E-state index >= 15 is 0 Å². The minimum Gasteiger partial charge on any atom is -0.484 e. The minimum atomic E-state index is -1.30. The van der Waals surface area contributed by atoms with Crippen molar-refractivity contribution in [2.45, 2.75) is 50.7 Å². The number of likely N-dealkylation sites (tertiary alicyclic amines) is 1. The second-order valence-electron chi connectivity index (χ2n) is 12.4. The van der Waals surface area contributed by atoms with Crippen molar-refractivity contribution in [3.8, 4) is 5.75 Å². The average Bonchev–Trinajstić information content (AvgIpc) is 3.48. The quantitative estimate of drug-likeness (QED) is 0.315. The van der Waals surface area contributed by atoms with E-state index in [4.69, 9.17) is 9.47 Å². The van der Waals surface area contributed by atoms with Crippen molar-refractivity contribution in [2.75, 3.05) is 53.1 Å². The van der Waals surface area contributed by atoms with Crippen molar-refractivity contribution in [2.24, 2.45) is 5.92 Å². The molecule has 0 aromatic heterocycles. The summed E-state index contributed by atoms with van der Waals surface area (Å²) in [6.45, 7) is 3.07. The molecule has 1 fully saturated rings. The first-order valence-electron chi connectivity index (χ1n) is 15.9. The van der Waals surface area contributed by atoms with Gasteiger partial charge in [0, 0.05) is 39.1 Å². The number of hydrogen-bond acceptors (Lipinski definition) is 8. The van der Waals surface area contributed by atoms with Gasteiger partial charge in [-0.05, 0) is 35.6 Å². The molecule has 1 saturated heterocycles. The van der Waals surface area contributed by atoms with E-state index in [9.17, 15) is 29.1 Å². The van der Waals surface area contributed by atoms with E-state index in [0.29, 0.717) is 18.7 Å². The molecule has 47 heavy (non-hydrogen) atoms. The molecule has 0 saturated carbocycles. The van der Waals surface area contributed by atoms with Crippen molar-refractivity contribution in [1.29, 1.82) is 0 Å². The van der Waals surface area contributed by atoms with Crippen LogP contribution in [0.3, 0.4) is 0 Å². The molecule has 13 nitrogen and oxygen atoms in total. The first-order valence-corrected chi connectivity index (χ1v) is 15.9. The molecule has 2 aliphatic heterocycles.